The number of ketones is 1. The van der Waals surface area contributed by atoms with Crippen LogP contribution in [-0.2, 0) is 9.59 Å². The van der Waals surface area contributed by atoms with Crippen LogP contribution in [0, 0.1) is 0 Å². The zero-order chi connectivity index (χ0) is 24.0. The highest BCUT2D eigenvalue weighted by molar-refractivity contribution is 7.22. The molecule has 0 spiro atoms. The number of hydrogen-bond donors (Lipinski definition) is 1. The van der Waals surface area contributed by atoms with Gasteiger partial charge in [0.2, 0.25) is 0 Å². The molecule has 0 aliphatic carbocycles. The first-order valence-corrected chi connectivity index (χ1v) is 11.7. The first-order valence-electron chi connectivity index (χ1n) is 10.1. The summed E-state index contributed by atoms with van der Waals surface area (Å²) >= 11 is 13.5. The van der Waals surface area contributed by atoms with E-state index in [2.05, 4.69) is 4.98 Å². The number of amides is 1. The highest BCUT2D eigenvalue weighted by Gasteiger charge is 2.48. The van der Waals surface area contributed by atoms with Crippen LogP contribution in [0.5, 0.6) is 5.75 Å². The predicted octanol–water partition coefficient (Wildman–Crippen LogP) is 6.24. The second-order valence-corrected chi connectivity index (χ2v) is 9.44. The molecule has 1 N–H and O–H groups in total. The van der Waals surface area contributed by atoms with Gasteiger partial charge in [-0.2, -0.15) is 0 Å². The smallest absolute Gasteiger partial charge is 0.301 e. The van der Waals surface area contributed by atoms with Gasteiger partial charge in [0.05, 0.1) is 28.9 Å². The lowest BCUT2D eigenvalue weighted by Crippen LogP contribution is -2.29. The van der Waals surface area contributed by atoms with Gasteiger partial charge in [-0.1, -0.05) is 46.7 Å². The van der Waals surface area contributed by atoms with Crippen molar-refractivity contribution in [2.45, 2.75) is 6.04 Å². The summed E-state index contributed by atoms with van der Waals surface area (Å²) < 4.78 is 6.07. The topological polar surface area (TPSA) is 79.7 Å². The predicted molar refractivity (Wildman–Crippen MR) is 134 cm³/mol. The molecule has 0 bridgehead atoms. The first kappa shape index (κ1) is 22.4. The van der Waals surface area contributed by atoms with E-state index in [-0.39, 0.29) is 11.3 Å². The van der Waals surface area contributed by atoms with Crippen molar-refractivity contribution in [1.29, 1.82) is 0 Å². The van der Waals surface area contributed by atoms with E-state index < -0.39 is 17.7 Å². The van der Waals surface area contributed by atoms with E-state index in [1.165, 1.54) is 16.2 Å². The van der Waals surface area contributed by atoms with Crippen molar-refractivity contribution < 1.29 is 19.4 Å². The molecule has 3 aromatic carbocycles. The number of thiazole rings is 1. The molecule has 0 radical (unpaired) electrons. The normalized spacial score (nSPS) is 17.5. The largest absolute Gasteiger partial charge is 0.507 e. The van der Waals surface area contributed by atoms with Gasteiger partial charge in [0.15, 0.2) is 5.13 Å². The van der Waals surface area contributed by atoms with Crippen LogP contribution in [0.3, 0.4) is 0 Å². The van der Waals surface area contributed by atoms with E-state index in [0.29, 0.717) is 37.6 Å². The molecule has 5 rings (SSSR count). The molecule has 1 atom stereocenters. The molecule has 1 aromatic heterocycles. The molecule has 1 fully saturated rings. The summed E-state index contributed by atoms with van der Waals surface area (Å²) in [5.41, 5.74) is 1.54. The summed E-state index contributed by atoms with van der Waals surface area (Å²) in [4.78, 5) is 32.4. The van der Waals surface area contributed by atoms with Crippen molar-refractivity contribution in [3.05, 3.63) is 93.5 Å². The van der Waals surface area contributed by atoms with Crippen LogP contribution in [0.15, 0.2) is 72.3 Å². The number of aliphatic hydroxyl groups is 1. The van der Waals surface area contributed by atoms with Gasteiger partial charge in [-0.05, 0) is 60.2 Å². The molecule has 4 aromatic rings. The van der Waals surface area contributed by atoms with Gasteiger partial charge in [-0.3, -0.25) is 14.5 Å². The molecular formula is C25H16Cl2N2O4S. The third-order valence-corrected chi connectivity index (χ3v) is 7.02. The van der Waals surface area contributed by atoms with Crippen LogP contribution >= 0.6 is 34.5 Å². The number of methoxy groups -OCH3 is 1. The maximum Gasteiger partial charge on any atom is 0.301 e. The fraction of sp³-hybridized carbons (Fsp3) is 0.0800. The number of benzene rings is 3. The number of carbonyl (C=O) groups is 2. The Kier molecular flexibility index (Phi) is 5.77. The van der Waals surface area contributed by atoms with E-state index >= 15 is 0 Å². The highest BCUT2D eigenvalue weighted by Crippen LogP contribution is 2.45. The van der Waals surface area contributed by atoms with E-state index in [4.69, 9.17) is 27.9 Å². The van der Waals surface area contributed by atoms with Crippen molar-refractivity contribution in [2.75, 3.05) is 12.0 Å². The summed E-state index contributed by atoms with van der Waals surface area (Å²) in [5.74, 6) is -1.25. The number of aliphatic hydroxyl groups excluding tert-OH is 1. The SMILES string of the molecule is COc1ccc2nc(N3C(=O)C(=O)/C(=C(/O)c4ccc(Cl)cc4)[C@@H]3c3cccc(Cl)c3)sc2c1. The molecule has 0 saturated carbocycles. The number of aromatic nitrogens is 1. The molecule has 2 heterocycles. The minimum Gasteiger partial charge on any atom is -0.507 e. The average Bonchev–Trinajstić information content (AvgIpc) is 3.36. The zero-order valence-corrected chi connectivity index (χ0v) is 20.0. The van der Waals surface area contributed by atoms with Gasteiger partial charge in [0.1, 0.15) is 11.5 Å². The van der Waals surface area contributed by atoms with Crippen molar-refractivity contribution >= 4 is 67.3 Å². The zero-order valence-electron chi connectivity index (χ0n) is 17.7. The maximum atomic E-state index is 13.3. The van der Waals surface area contributed by atoms with Crippen LogP contribution in [0.25, 0.3) is 16.0 Å². The Morgan fingerprint density at radius 1 is 1.03 bits per heavy atom. The number of Topliss-reactive ketones (excluding diaryl/α,β-unsaturated/α-hetero) is 1. The number of fused-ring (bicyclic) bond motifs is 1. The van der Waals surface area contributed by atoms with E-state index in [0.717, 1.165) is 4.70 Å². The lowest BCUT2D eigenvalue weighted by molar-refractivity contribution is -0.132. The number of carbonyl (C=O) groups excluding carboxylic acids is 2. The lowest BCUT2D eigenvalue weighted by Gasteiger charge is -2.23. The van der Waals surface area contributed by atoms with Gasteiger partial charge in [0.25, 0.3) is 5.78 Å². The van der Waals surface area contributed by atoms with Crippen LogP contribution < -0.4 is 9.64 Å². The number of nitrogens with zero attached hydrogens (tertiary/aromatic N) is 2. The molecule has 6 nitrogen and oxygen atoms in total. The summed E-state index contributed by atoms with van der Waals surface area (Å²) in [7, 11) is 1.57. The number of ether oxygens (including phenoxy) is 1. The van der Waals surface area contributed by atoms with Crippen molar-refractivity contribution in [3.8, 4) is 5.75 Å². The van der Waals surface area contributed by atoms with Gasteiger partial charge >= 0.3 is 5.91 Å². The average molecular weight is 511 g/mol. The summed E-state index contributed by atoms with van der Waals surface area (Å²) in [6.45, 7) is 0. The van der Waals surface area contributed by atoms with Gasteiger partial charge in [-0.25, -0.2) is 4.98 Å². The lowest BCUT2D eigenvalue weighted by atomic mass is 9.95. The molecule has 1 amide bonds. The number of rotatable bonds is 4. The molecule has 34 heavy (non-hydrogen) atoms. The Morgan fingerprint density at radius 3 is 2.50 bits per heavy atom. The summed E-state index contributed by atoms with van der Waals surface area (Å²) in [6.07, 6.45) is 0. The first-order chi connectivity index (χ1) is 16.4. The van der Waals surface area contributed by atoms with E-state index in [1.54, 1.807) is 67.8 Å². The van der Waals surface area contributed by atoms with Crippen LogP contribution in [0.1, 0.15) is 17.2 Å². The van der Waals surface area contributed by atoms with Gasteiger partial charge in [0, 0.05) is 15.6 Å². The molecule has 1 saturated heterocycles. The summed E-state index contributed by atoms with van der Waals surface area (Å²) in [6, 6.07) is 17.7. The third kappa shape index (κ3) is 3.81. The minimum absolute atomic E-state index is 0.0496. The van der Waals surface area contributed by atoms with Gasteiger partial charge < -0.3 is 9.84 Å². The van der Waals surface area contributed by atoms with E-state index in [9.17, 15) is 14.7 Å². The molecule has 1 aliphatic heterocycles. The quantitative estimate of drug-likeness (QED) is 0.199. The fourth-order valence-electron chi connectivity index (χ4n) is 3.91. The van der Waals surface area contributed by atoms with Crippen molar-refractivity contribution in [2.24, 2.45) is 0 Å². The Bertz CT molecular complexity index is 1480. The third-order valence-electron chi connectivity index (χ3n) is 5.52. The summed E-state index contributed by atoms with van der Waals surface area (Å²) in [5, 5.41) is 12.4. The van der Waals surface area contributed by atoms with E-state index in [1.807, 2.05) is 6.07 Å². The Balaban J connectivity index is 1.72. The Hall–Kier alpha value is -3.39. The fourth-order valence-corrected chi connectivity index (χ4v) is 5.25. The van der Waals surface area contributed by atoms with Crippen LogP contribution in [-0.4, -0.2) is 28.9 Å². The standard InChI is InChI=1S/C25H16Cl2N2O4S/c1-33-17-9-10-18-19(12-17)34-25(28-18)29-21(14-3-2-4-16(27)11-14)20(23(31)24(29)32)22(30)13-5-7-15(26)8-6-13/h2-12,21,30H,1H3/b22-20+/t21-/m0/s1. The van der Waals surface area contributed by atoms with Gasteiger partial charge in [-0.15, -0.1) is 0 Å². The highest BCUT2D eigenvalue weighted by atomic mass is 35.5. The second-order valence-electron chi connectivity index (χ2n) is 7.56. The minimum atomic E-state index is -0.920. The maximum absolute atomic E-state index is 13.3. The number of anilines is 1. The van der Waals surface area contributed by atoms with Crippen molar-refractivity contribution in [3.63, 3.8) is 0 Å². The Labute approximate surface area is 208 Å². The molecule has 9 heteroatoms. The molecular weight excluding hydrogens is 495 g/mol. The Morgan fingerprint density at radius 2 is 1.79 bits per heavy atom. The number of hydrogen-bond acceptors (Lipinski definition) is 6. The van der Waals surface area contributed by atoms with Crippen molar-refractivity contribution in [1.82, 2.24) is 4.98 Å². The molecule has 1 aliphatic rings. The van der Waals surface area contributed by atoms with Crippen LogP contribution in [0.2, 0.25) is 10.0 Å². The monoisotopic (exact) mass is 510 g/mol. The molecule has 0 unspecified atom stereocenters. The van der Waals surface area contributed by atoms with Crippen LogP contribution in [0.4, 0.5) is 5.13 Å². The second kappa shape index (κ2) is 8.76. The number of halogens is 2. The molecule has 170 valence electrons.